The average molecular weight is 440 g/mol. The van der Waals surface area contributed by atoms with Crippen molar-refractivity contribution in [2.24, 2.45) is 0 Å². The van der Waals surface area contributed by atoms with Crippen LogP contribution in [0.15, 0.2) is 41.3 Å². The summed E-state index contributed by atoms with van der Waals surface area (Å²) in [7, 11) is -3.62. The molecule has 0 saturated carbocycles. The van der Waals surface area contributed by atoms with Crippen molar-refractivity contribution in [3.8, 4) is 0 Å². The van der Waals surface area contributed by atoms with Gasteiger partial charge in [0.15, 0.2) is 0 Å². The highest BCUT2D eigenvalue weighted by atomic mass is 32.2. The van der Waals surface area contributed by atoms with Crippen LogP contribution in [0.25, 0.3) is 10.9 Å². The van der Waals surface area contributed by atoms with Gasteiger partial charge in [-0.3, -0.25) is 4.79 Å². The molecule has 2 aromatic carbocycles. The molecule has 3 aromatic rings. The second kappa shape index (κ2) is 8.13. The molecule has 0 fully saturated rings. The van der Waals surface area contributed by atoms with E-state index in [1.165, 1.54) is 15.6 Å². The third kappa shape index (κ3) is 3.77. The van der Waals surface area contributed by atoms with Crippen LogP contribution in [0, 0.1) is 13.8 Å². The maximum Gasteiger partial charge on any atom is 0.254 e. The van der Waals surface area contributed by atoms with Gasteiger partial charge < -0.3 is 9.88 Å². The molecule has 0 spiro atoms. The van der Waals surface area contributed by atoms with Gasteiger partial charge in [0.05, 0.1) is 4.90 Å². The molecule has 0 saturated heterocycles. The van der Waals surface area contributed by atoms with Gasteiger partial charge in [-0.1, -0.05) is 31.5 Å². The van der Waals surface area contributed by atoms with Gasteiger partial charge in [0, 0.05) is 60.3 Å². The molecule has 2 heterocycles. The first-order valence-electron chi connectivity index (χ1n) is 10.8. The lowest BCUT2D eigenvalue weighted by Gasteiger charge is -2.28. The Kier molecular flexibility index (Phi) is 5.66. The molecule has 4 rings (SSSR count). The number of aryl methyl sites for hydroxylation is 2. The molecule has 1 N–H and O–H groups in total. The van der Waals surface area contributed by atoms with Crippen LogP contribution in [-0.2, 0) is 23.0 Å². The van der Waals surface area contributed by atoms with Crippen LogP contribution in [0.4, 0.5) is 0 Å². The largest absolute Gasteiger partial charge is 0.358 e. The van der Waals surface area contributed by atoms with Crippen molar-refractivity contribution in [2.45, 2.75) is 45.6 Å². The van der Waals surface area contributed by atoms with E-state index >= 15 is 0 Å². The number of sulfonamides is 1. The van der Waals surface area contributed by atoms with E-state index in [4.69, 9.17) is 0 Å². The van der Waals surface area contributed by atoms with Crippen LogP contribution in [0.1, 0.15) is 46.6 Å². The zero-order valence-corrected chi connectivity index (χ0v) is 19.3. The summed E-state index contributed by atoms with van der Waals surface area (Å²) in [5.74, 6) is -0.123. The molecule has 0 bridgehead atoms. The molecular formula is C24H29N3O3S. The van der Waals surface area contributed by atoms with Gasteiger partial charge in [-0.15, -0.1) is 0 Å². The van der Waals surface area contributed by atoms with Gasteiger partial charge in [0.25, 0.3) is 5.91 Å². The monoisotopic (exact) mass is 439 g/mol. The molecule has 1 aliphatic rings. The fraction of sp³-hybridized carbons (Fsp3) is 0.375. The predicted molar refractivity (Wildman–Crippen MR) is 123 cm³/mol. The maximum absolute atomic E-state index is 13.5. The van der Waals surface area contributed by atoms with E-state index in [-0.39, 0.29) is 10.8 Å². The molecule has 1 aliphatic heterocycles. The number of nitrogens with zero attached hydrogens (tertiary/aromatic N) is 2. The Hall–Kier alpha value is -2.64. The van der Waals surface area contributed by atoms with E-state index in [9.17, 15) is 13.2 Å². The predicted octanol–water partition coefficient (Wildman–Crippen LogP) is 4.01. The van der Waals surface area contributed by atoms with Gasteiger partial charge in [-0.25, -0.2) is 8.42 Å². The minimum atomic E-state index is -3.62. The molecule has 7 heteroatoms. The summed E-state index contributed by atoms with van der Waals surface area (Å²) in [4.78, 5) is 18.9. The number of aromatic amines is 1. The number of carbonyl (C=O) groups is 1. The summed E-state index contributed by atoms with van der Waals surface area (Å²) in [6.45, 7) is 9.45. The molecule has 31 heavy (non-hydrogen) atoms. The van der Waals surface area contributed by atoms with E-state index in [0.717, 1.165) is 28.5 Å². The van der Waals surface area contributed by atoms with Crippen LogP contribution in [-0.4, -0.2) is 48.1 Å². The van der Waals surface area contributed by atoms with E-state index in [1.807, 2.05) is 25.7 Å². The third-order valence-corrected chi connectivity index (χ3v) is 8.25. The molecule has 6 nitrogen and oxygen atoms in total. The normalized spacial score (nSPS) is 14.3. The first kappa shape index (κ1) is 21.6. The minimum absolute atomic E-state index is 0.123. The second-order valence-electron chi connectivity index (χ2n) is 8.17. The Morgan fingerprint density at radius 1 is 1.10 bits per heavy atom. The van der Waals surface area contributed by atoms with Crippen molar-refractivity contribution in [3.05, 3.63) is 64.3 Å². The Bertz CT molecular complexity index is 1260. The number of H-pyrrole nitrogens is 1. The molecule has 1 amide bonds. The zero-order chi connectivity index (χ0) is 22.3. The number of amides is 1. The van der Waals surface area contributed by atoms with Crippen LogP contribution in [0.3, 0.4) is 0 Å². The molecule has 164 valence electrons. The zero-order valence-electron chi connectivity index (χ0n) is 18.5. The SMILES string of the molecule is CCN(CC)S(=O)(=O)c1ccc(C)c(C(=O)N2CCc3[nH]c4ccc(C)cc4c3C2)c1. The van der Waals surface area contributed by atoms with Crippen LogP contribution in [0.5, 0.6) is 0 Å². The van der Waals surface area contributed by atoms with Gasteiger partial charge in [-0.05, 0) is 43.7 Å². The maximum atomic E-state index is 13.5. The Labute approximate surface area is 183 Å². The van der Waals surface area contributed by atoms with E-state index < -0.39 is 10.0 Å². The number of hydrogen-bond donors (Lipinski definition) is 1. The van der Waals surface area contributed by atoms with Gasteiger partial charge in [-0.2, -0.15) is 4.31 Å². The molecular weight excluding hydrogens is 410 g/mol. The highest BCUT2D eigenvalue weighted by Crippen LogP contribution is 2.30. The summed E-state index contributed by atoms with van der Waals surface area (Å²) in [5.41, 5.74) is 5.84. The summed E-state index contributed by atoms with van der Waals surface area (Å²) in [6, 6.07) is 11.2. The van der Waals surface area contributed by atoms with Crippen molar-refractivity contribution < 1.29 is 13.2 Å². The molecule has 0 atom stereocenters. The van der Waals surface area contributed by atoms with Crippen molar-refractivity contribution in [1.82, 2.24) is 14.2 Å². The van der Waals surface area contributed by atoms with Gasteiger partial charge in [0.1, 0.15) is 0 Å². The Balaban J connectivity index is 1.68. The topological polar surface area (TPSA) is 73.5 Å². The van der Waals surface area contributed by atoms with Crippen LogP contribution in [0.2, 0.25) is 0 Å². The summed E-state index contributed by atoms with van der Waals surface area (Å²) < 4.78 is 27.3. The highest BCUT2D eigenvalue weighted by molar-refractivity contribution is 7.89. The quantitative estimate of drug-likeness (QED) is 0.653. The summed E-state index contributed by atoms with van der Waals surface area (Å²) in [6.07, 6.45) is 0.755. The Morgan fingerprint density at radius 3 is 2.55 bits per heavy atom. The number of nitrogens with one attached hydrogen (secondary N) is 1. The minimum Gasteiger partial charge on any atom is -0.358 e. The van der Waals surface area contributed by atoms with Crippen LogP contribution >= 0.6 is 0 Å². The van der Waals surface area contributed by atoms with Crippen molar-refractivity contribution in [3.63, 3.8) is 0 Å². The molecule has 1 aromatic heterocycles. The van der Waals surface area contributed by atoms with Crippen molar-refractivity contribution in [1.29, 1.82) is 0 Å². The van der Waals surface area contributed by atoms with Crippen molar-refractivity contribution >= 4 is 26.8 Å². The first-order valence-corrected chi connectivity index (χ1v) is 12.2. The fourth-order valence-electron chi connectivity index (χ4n) is 4.38. The lowest BCUT2D eigenvalue weighted by atomic mass is 10.0. The number of hydrogen-bond acceptors (Lipinski definition) is 3. The van der Waals surface area contributed by atoms with E-state index in [0.29, 0.717) is 31.7 Å². The molecule has 0 unspecified atom stereocenters. The lowest BCUT2D eigenvalue weighted by Crippen LogP contribution is -2.36. The lowest BCUT2D eigenvalue weighted by molar-refractivity contribution is 0.0734. The van der Waals surface area contributed by atoms with Gasteiger partial charge >= 0.3 is 0 Å². The van der Waals surface area contributed by atoms with E-state index in [1.54, 1.807) is 18.2 Å². The second-order valence-corrected chi connectivity index (χ2v) is 10.1. The number of rotatable bonds is 5. The number of fused-ring (bicyclic) bond motifs is 3. The molecule has 0 radical (unpaired) electrons. The number of aromatic nitrogens is 1. The first-order chi connectivity index (χ1) is 14.8. The Morgan fingerprint density at radius 2 is 1.84 bits per heavy atom. The fourth-order valence-corrected chi connectivity index (χ4v) is 5.86. The van der Waals surface area contributed by atoms with Gasteiger partial charge in [0.2, 0.25) is 10.0 Å². The summed E-state index contributed by atoms with van der Waals surface area (Å²) in [5, 5.41) is 1.15. The average Bonchev–Trinajstić information content (AvgIpc) is 3.11. The molecule has 0 aliphatic carbocycles. The standard InChI is InChI=1S/C24H29N3O3S/c1-5-27(6-2)31(29,30)18-9-8-17(4)19(14-18)24(28)26-12-11-23-21(15-26)20-13-16(3)7-10-22(20)25-23/h7-10,13-14,25H,5-6,11-12,15H2,1-4H3. The van der Waals surface area contributed by atoms with E-state index in [2.05, 4.69) is 30.1 Å². The number of benzene rings is 2. The van der Waals surface area contributed by atoms with Crippen molar-refractivity contribution in [2.75, 3.05) is 19.6 Å². The number of carbonyl (C=O) groups excluding carboxylic acids is 1. The van der Waals surface area contributed by atoms with Crippen LogP contribution < -0.4 is 0 Å². The summed E-state index contributed by atoms with van der Waals surface area (Å²) >= 11 is 0. The third-order valence-electron chi connectivity index (χ3n) is 6.20. The highest BCUT2D eigenvalue weighted by Gasteiger charge is 2.28. The smallest absolute Gasteiger partial charge is 0.254 e.